The zero-order valence-corrected chi connectivity index (χ0v) is 10.2. The van der Waals surface area contributed by atoms with Crippen molar-refractivity contribution >= 4 is 0 Å². The van der Waals surface area contributed by atoms with Crippen LogP contribution in [0, 0.1) is 0 Å². The molecule has 4 heteroatoms. The first-order valence-electron chi connectivity index (χ1n) is 6.01. The van der Waals surface area contributed by atoms with Gasteiger partial charge < -0.3 is 15.3 Å². The first kappa shape index (κ1) is 12.7. The third-order valence-electron chi connectivity index (χ3n) is 2.54. The number of nitrogens with zero attached hydrogens (tertiary/aromatic N) is 1. The lowest BCUT2D eigenvalue weighted by molar-refractivity contribution is 0.0337. The van der Waals surface area contributed by atoms with Crippen molar-refractivity contribution in [3.05, 3.63) is 60.4 Å². The summed E-state index contributed by atoms with van der Waals surface area (Å²) in [6, 6.07) is 13.8. The minimum atomic E-state index is -0.517. The van der Waals surface area contributed by atoms with Gasteiger partial charge in [-0.1, -0.05) is 30.3 Å². The minimum Gasteiger partial charge on any atom is -0.389 e. The van der Waals surface area contributed by atoms with Crippen LogP contribution in [0.4, 0.5) is 0 Å². The summed E-state index contributed by atoms with van der Waals surface area (Å²) in [6.07, 6.45) is 3.26. The molecule has 1 unspecified atom stereocenters. The predicted octanol–water partition coefficient (Wildman–Crippen LogP) is 1.61. The molecular weight excluding hydrogens is 228 g/mol. The average molecular weight is 246 g/mol. The molecule has 96 valence electrons. The van der Waals surface area contributed by atoms with E-state index in [1.165, 1.54) is 0 Å². The topological polar surface area (TPSA) is 46.4 Å². The van der Waals surface area contributed by atoms with Crippen molar-refractivity contribution in [3.63, 3.8) is 0 Å². The second kappa shape index (κ2) is 6.83. The van der Waals surface area contributed by atoms with Crippen LogP contribution in [0.15, 0.2) is 54.9 Å². The van der Waals surface area contributed by atoms with Gasteiger partial charge in [0.2, 0.25) is 0 Å². The first-order valence-corrected chi connectivity index (χ1v) is 6.01. The Labute approximate surface area is 107 Å². The first-order chi connectivity index (χ1) is 8.84. The van der Waals surface area contributed by atoms with Crippen molar-refractivity contribution in [1.29, 1.82) is 0 Å². The molecule has 2 N–H and O–H groups in total. The van der Waals surface area contributed by atoms with E-state index in [2.05, 4.69) is 5.43 Å². The third kappa shape index (κ3) is 4.24. The lowest BCUT2D eigenvalue weighted by atomic mass is 10.2. The molecule has 0 aliphatic heterocycles. The summed E-state index contributed by atoms with van der Waals surface area (Å²) in [5.74, 6) is 0. The molecule has 2 aromatic rings. The molecular formula is C14H18N2O2. The number of aromatic nitrogens is 1. The van der Waals surface area contributed by atoms with Gasteiger partial charge >= 0.3 is 0 Å². The zero-order chi connectivity index (χ0) is 12.6. The highest BCUT2D eigenvalue weighted by Crippen LogP contribution is 2.00. The van der Waals surface area contributed by atoms with E-state index in [9.17, 15) is 5.11 Å². The Hall–Kier alpha value is -1.78. The Morgan fingerprint density at radius 1 is 1.11 bits per heavy atom. The molecule has 0 saturated heterocycles. The maximum atomic E-state index is 9.73. The van der Waals surface area contributed by atoms with Gasteiger partial charge in [0.05, 0.1) is 25.9 Å². The highest BCUT2D eigenvalue weighted by atomic mass is 16.5. The molecule has 0 aliphatic rings. The summed E-state index contributed by atoms with van der Waals surface area (Å²) in [5, 5.41) is 9.73. The van der Waals surface area contributed by atoms with Crippen LogP contribution >= 0.6 is 0 Å². The molecule has 0 radical (unpaired) electrons. The SMILES string of the molecule is OC(CNn1cccc1)COCc1ccccc1. The molecule has 1 aromatic carbocycles. The second-order valence-corrected chi connectivity index (χ2v) is 4.11. The van der Waals surface area contributed by atoms with Gasteiger partial charge in [0.1, 0.15) is 0 Å². The number of nitrogens with one attached hydrogen (secondary N) is 1. The lowest BCUT2D eigenvalue weighted by Gasteiger charge is -2.13. The van der Waals surface area contributed by atoms with Crippen molar-refractivity contribution in [2.45, 2.75) is 12.7 Å². The molecule has 18 heavy (non-hydrogen) atoms. The summed E-state index contributed by atoms with van der Waals surface area (Å²) in [4.78, 5) is 0. The maximum absolute atomic E-state index is 9.73. The number of ether oxygens (including phenoxy) is 1. The Morgan fingerprint density at radius 2 is 1.83 bits per heavy atom. The fourth-order valence-electron chi connectivity index (χ4n) is 1.60. The summed E-state index contributed by atoms with van der Waals surface area (Å²) in [5.41, 5.74) is 4.17. The predicted molar refractivity (Wildman–Crippen MR) is 70.8 cm³/mol. The smallest absolute Gasteiger partial charge is 0.0961 e. The van der Waals surface area contributed by atoms with Crippen molar-refractivity contribution < 1.29 is 9.84 Å². The quantitative estimate of drug-likeness (QED) is 0.780. The summed E-state index contributed by atoms with van der Waals surface area (Å²) in [6.45, 7) is 1.31. The third-order valence-corrected chi connectivity index (χ3v) is 2.54. The molecule has 0 amide bonds. The van der Waals surface area contributed by atoms with Crippen LogP contribution in [-0.4, -0.2) is 29.0 Å². The number of hydrogen-bond donors (Lipinski definition) is 2. The van der Waals surface area contributed by atoms with Crippen molar-refractivity contribution in [3.8, 4) is 0 Å². The van der Waals surface area contributed by atoms with Crippen molar-refractivity contribution in [2.75, 3.05) is 18.6 Å². The summed E-state index contributed by atoms with van der Waals surface area (Å²) >= 11 is 0. The molecule has 2 rings (SSSR count). The fraction of sp³-hybridized carbons (Fsp3) is 0.286. The number of benzene rings is 1. The van der Waals surface area contributed by atoms with Crippen LogP contribution in [0.3, 0.4) is 0 Å². The lowest BCUT2D eigenvalue weighted by Crippen LogP contribution is -2.28. The Morgan fingerprint density at radius 3 is 2.56 bits per heavy atom. The van der Waals surface area contributed by atoms with Gasteiger partial charge in [0.25, 0.3) is 0 Å². The highest BCUT2D eigenvalue weighted by Gasteiger charge is 2.03. The fourth-order valence-corrected chi connectivity index (χ4v) is 1.60. The van der Waals surface area contributed by atoms with E-state index in [1.807, 2.05) is 54.9 Å². The van der Waals surface area contributed by atoms with Crippen LogP contribution < -0.4 is 5.43 Å². The van der Waals surface area contributed by atoms with Gasteiger partial charge in [-0.25, -0.2) is 0 Å². The van der Waals surface area contributed by atoms with Gasteiger partial charge in [0.15, 0.2) is 0 Å². The molecule has 0 fully saturated rings. The van der Waals surface area contributed by atoms with Gasteiger partial charge in [-0.3, -0.25) is 4.68 Å². The van der Waals surface area contributed by atoms with E-state index in [0.29, 0.717) is 19.8 Å². The Kier molecular flexibility index (Phi) is 4.81. The number of aliphatic hydroxyl groups is 1. The summed E-state index contributed by atoms with van der Waals surface area (Å²) < 4.78 is 7.26. The van der Waals surface area contributed by atoms with Gasteiger partial charge in [-0.15, -0.1) is 0 Å². The van der Waals surface area contributed by atoms with Crippen molar-refractivity contribution in [1.82, 2.24) is 4.68 Å². The number of rotatable bonds is 7. The number of aliphatic hydroxyl groups excluding tert-OH is 1. The Balaban J connectivity index is 1.61. The normalized spacial score (nSPS) is 12.3. The molecule has 1 atom stereocenters. The van der Waals surface area contributed by atoms with Crippen molar-refractivity contribution in [2.24, 2.45) is 0 Å². The van der Waals surface area contributed by atoms with E-state index >= 15 is 0 Å². The minimum absolute atomic E-state index is 0.323. The van der Waals surface area contributed by atoms with Gasteiger partial charge in [0, 0.05) is 12.4 Å². The van der Waals surface area contributed by atoms with Crippen LogP contribution in [0.1, 0.15) is 5.56 Å². The molecule has 4 nitrogen and oxygen atoms in total. The van der Waals surface area contributed by atoms with Crippen LogP contribution in [0.25, 0.3) is 0 Å². The van der Waals surface area contributed by atoms with Gasteiger partial charge in [-0.2, -0.15) is 0 Å². The standard InChI is InChI=1S/C14H18N2O2/c17-14(10-15-16-8-4-5-9-16)12-18-11-13-6-2-1-3-7-13/h1-9,14-15,17H,10-12H2. The molecule has 0 aliphatic carbocycles. The maximum Gasteiger partial charge on any atom is 0.0961 e. The van der Waals surface area contributed by atoms with Crippen LogP contribution in [-0.2, 0) is 11.3 Å². The van der Waals surface area contributed by atoms with Gasteiger partial charge in [-0.05, 0) is 17.7 Å². The average Bonchev–Trinajstić information content (AvgIpc) is 2.91. The van der Waals surface area contributed by atoms with E-state index in [1.54, 1.807) is 4.68 Å². The van der Waals surface area contributed by atoms with E-state index in [0.717, 1.165) is 5.56 Å². The summed E-state index contributed by atoms with van der Waals surface area (Å²) in [7, 11) is 0. The molecule has 1 aromatic heterocycles. The molecule has 0 bridgehead atoms. The van der Waals surface area contributed by atoms with E-state index in [-0.39, 0.29) is 0 Å². The Bertz CT molecular complexity index is 428. The zero-order valence-electron chi connectivity index (χ0n) is 10.2. The molecule has 0 saturated carbocycles. The highest BCUT2D eigenvalue weighted by molar-refractivity contribution is 5.13. The molecule has 1 heterocycles. The van der Waals surface area contributed by atoms with Crippen LogP contribution in [0.2, 0.25) is 0 Å². The van der Waals surface area contributed by atoms with E-state index in [4.69, 9.17) is 4.74 Å². The van der Waals surface area contributed by atoms with Crippen LogP contribution in [0.5, 0.6) is 0 Å². The van der Waals surface area contributed by atoms with E-state index < -0.39 is 6.10 Å². The second-order valence-electron chi connectivity index (χ2n) is 4.11. The number of hydrogen-bond acceptors (Lipinski definition) is 3. The molecule has 0 spiro atoms. The monoisotopic (exact) mass is 246 g/mol. The largest absolute Gasteiger partial charge is 0.389 e.